The average molecular weight is 394 g/mol. The highest BCUT2D eigenvalue weighted by Gasteiger charge is 2.47. The number of H-pyrrole nitrogens is 1. The Labute approximate surface area is 157 Å². The van der Waals surface area contributed by atoms with Crippen LogP contribution < -0.4 is 16.0 Å². The van der Waals surface area contributed by atoms with Crippen molar-refractivity contribution in [2.75, 3.05) is 13.7 Å². The topological polar surface area (TPSA) is 131 Å². The van der Waals surface area contributed by atoms with E-state index in [9.17, 15) is 24.6 Å². The number of rotatable bonds is 5. The number of carbonyl (C=O) groups is 1. The van der Waals surface area contributed by atoms with Crippen molar-refractivity contribution in [3.05, 3.63) is 62.9 Å². The lowest BCUT2D eigenvalue weighted by Gasteiger charge is -2.23. The molecule has 1 aliphatic rings. The van der Waals surface area contributed by atoms with Crippen molar-refractivity contribution < 1.29 is 24.5 Å². The van der Waals surface area contributed by atoms with Crippen LogP contribution in [0.15, 0.2) is 46.1 Å². The van der Waals surface area contributed by atoms with Crippen LogP contribution in [0, 0.1) is 0 Å². The van der Waals surface area contributed by atoms with Crippen molar-refractivity contribution in [3.63, 3.8) is 0 Å². The van der Waals surface area contributed by atoms with Crippen LogP contribution in [0.1, 0.15) is 15.7 Å². The molecular weight excluding hydrogens is 376 g/mol. The third kappa shape index (κ3) is 3.92. The van der Waals surface area contributed by atoms with Gasteiger partial charge in [-0.05, 0) is 24.3 Å². The molecule has 4 atom stereocenters. The molecule has 1 aliphatic heterocycles. The molecule has 2 aromatic rings. The van der Waals surface area contributed by atoms with Gasteiger partial charge in [-0.15, -0.1) is 11.8 Å². The molecule has 10 heteroatoms. The number of ether oxygens (including phenoxy) is 2. The second kappa shape index (κ2) is 7.99. The summed E-state index contributed by atoms with van der Waals surface area (Å²) in [4.78, 5) is 38.0. The number of thioether (sulfide) groups is 1. The van der Waals surface area contributed by atoms with Gasteiger partial charge in [-0.25, -0.2) is 9.59 Å². The zero-order chi connectivity index (χ0) is 19.6. The molecule has 0 saturated carbocycles. The number of aliphatic hydroxyl groups is 2. The van der Waals surface area contributed by atoms with Crippen LogP contribution in [0.25, 0.3) is 0 Å². The minimum Gasteiger partial charge on any atom is -0.497 e. The van der Waals surface area contributed by atoms with Crippen LogP contribution >= 0.6 is 11.8 Å². The average Bonchev–Trinajstić information content (AvgIpc) is 2.97. The summed E-state index contributed by atoms with van der Waals surface area (Å²) in [5.41, 5.74) is -1.02. The maximum Gasteiger partial charge on any atom is 0.338 e. The smallest absolute Gasteiger partial charge is 0.338 e. The largest absolute Gasteiger partial charge is 0.497 e. The van der Waals surface area contributed by atoms with Crippen molar-refractivity contribution in [3.8, 4) is 5.75 Å². The van der Waals surface area contributed by atoms with Gasteiger partial charge in [-0.1, -0.05) is 0 Å². The Morgan fingerprint density at radius 2 is 1.96 bits per heavy atom. The predicted molar refractivity (Wildman–Crippen MR) is 97.0 cm³/mol. The Balaban J connectivity index is 1.88. The standard InChI is InChI=1S/C17H18N2O7S/c1-25-10-4-2-9(3-5-10)16(23)26-14-13(22)11(8-20)27-15(14)19-7-6-12(21)18-17(19)24/h2-7,11,13-15,20,22H,8H2,1H3,(H,18,21,24)/t11-,13-,14-,15-/m1/s1. The summed E-state index contributed by atoms with van der Waals surface area (Å²) in [7, 11) is 1.50. The van der Waals surface area contributed by atoms with E-state index in [4.69, 9.17) is 9.47 Å². The van der Waals surface area contributed by atoms with Crippen molar-refractivity contribution in [1.82, 2.24) is 9.55 Å². The zero-order valence-corrected chi connectivity index (χ0v) is 15.1. The predicted octanol–water partition coefficient (Wildman–Crippen LogP) is -0.262. The second-order valence-electron chi connectivity index (χ2n) is 5.85. The summed E-state index contributed by atoms with van der Waals surface area (Å²) in [6.07, 6.45) is -1.02. The molecular formula is C17H18N2O7S. The summed E-state index contributed by atoms with van der Waals surface area (Å²) in [5.74, 6) is -0.121. The Hall–Kier alpha value is -2.56. The van der Waals surface area contributed by atoms with E-state index >= 15 is 0 Å². The number of aromatic nitrogens is 2. The Morgan fingerprint density at radius 1 is 1.26 bits per heavy atom. The maximum absolute atomic E-state index is 12.5. The molecule has 0 bridgehead atoms. The number of hydrogen-bond acceptors (Lipinski definition) is 8. The molecule has 1 aromatic heterocycles. The highest BCUT2D eigenvalue weighted by Crippen LogP contribution is 2.42. The lowest BCUT2D eigenvalue weighted by Crippen LogP contribution is -2.40. The van der Waals surface area contributed by atoms with Gasteiger partial charge in [-0.2, -0.15) is 0 Å². The van der Waals surface area contributed by atoms with Crippen LogP contribution in [0.2, 0.25) is 0 Å². The fraction of sp³-hybridized carbons (Fsp3) is 0.353. The van der Waals surface area contributed by atoms with E-state index in [0.29, 0.717) is 5.75 Å². The first-order chi connectivity index (χ1) is 12.9. The SMILES string of the molecule is COc1ccc(C(=O)O[C@@H]2[C@H](O)[C@@H](CO)S[C@H]2n2ccc(=O)[nH]c2=O)cc1. The molecule has 9 nitrogen and oxygen atoms in total. The third-order valence-electron chi connectivity index (χ3n) is 4.19. The molecule has 27 heavy (non-hydrogen) atoms. The first-order valence-corrected chi connectivity index (χ1v) is 8.99. The molecule has 144 valence electrons. The van der Waals surface area contributed by atoms with Gasteiger partial charge in [0.1, 0.15) is 17.2 Å². The second-order valence-corrected chi connectivity index (χ2v) is 7.21. The van der Waals surface area contributed by atoms with E-state index in [1.54, 1.807) is 12.1 Å². The number of methoxy groups -OCH3 is 1. The van der Waals surface area contributed by atoms with Gasteiger partial charge in [-0.3, -0.25) is 14.3 Å². The molecule has 3 rings (SSSR count). The van der Waals surface area contributed by atoms with E-state index in [0.717, 1.165) is 22.4 Å². The van der Waals surface area contributed by atoms with Crippen molar-refractivity contribution in [2.45, 2.75) is 22.8 Å². The number of aromatic amines is 1. The van der Waals surface area contributed by atoms with Crippen LogP contribution in [0.5, 0.6) is 5.75 Å². The lowest BCUT2D eigenvalue weighted by atomic mass is 10.1. The van der Waals surface area contributed by atoms with Gasteiger partial charge in [0.2, 0.25) is 0 Å². The maximum atomic E-state index is 12.5. The van der Waals surface area contributed by atoms with E-state index < -0.39 is 40.1 Å². The van der Waals surface area contributed by atoms with Crippen LogP contribution in [-0.4, -0.2) is 56.9 Å². The molecule has 0 radical (unpaired) electrons. The number of carbonyl (C=O) groups excluding carboxylic acids is 1. The van der Waals surface area contributed by atoms with Gasteiger partial charge in [0.25, 0.3) is 5.56 Å². The van der Waals surface area contributed by atoms with Crippen LogP contribution in [0.3, 0.4) is 0 Å². The van der Waals surface area contributed by atoms with Gasteiger partial charge >= 0.3 is 11.7 Å². The van der Waals surface area contributed by atoms with Crippen LogP contribution in [0.4, 0.5) is 0 Å². The van der Waals surface area contributed by atoms with Gasteiger partial charge in [0.05, 0.1) is 24.5 Å². The number of esters is 1. The minimum atomic E-state index is -1.19. The highest BCUT2D eigenvalue weighted by molar-refractivity contribution is 8.00. The van der Waals surface area contributed by atoms with Gasteiger partial charge < -0.3 is 19.7 Å². The molecule has 1 fully saturated rings. The normalized spacial score (nSPS) is 24.6. The molecule has 0 spiro atoms. The van der Waals surface area contributed by atoms with E-state index in [-0.39, 0.29) is 12.2 Å². The zero-order valence-electron chi connectivity index (χ0n) is 14.3. The van der Waals surface area contributed by atoms with Crippen molar-refractivity contribution in [1.29, 1.82) is 0 Å². The van der Waals surface area contributed by atoms with Crippen LogP contribution in [-0.2, 0) is 4.74 Å². The quantitative estimate of drug-likeness (QED) is 0.591. The number of nitrogens with zero attached hydrogens (tertiary/aromatic N) is 1. The molecule has 2 heterocycles. The molecule has 3 N–H and O–H groups in total. The monoisotopic (exact) mass is 394 g/mol. The number of aliphatic hydroxyl groups excluding tert-OH is 2. The fourth-order valence-electron chi connectivity index (χ4n) is 2.77. The lowest BCUT2D eigenvalue weighted by molar-refractivity contribution is -0.0235. The first-order valence-electron chi connectivity index (χ1n) is 8.05. The number of benzene rings is 1. The highest BCUT2D eigenvalue weighted by atomic mass is 32.2. The van der Waals surface area contributed by atoms with E-state index in [1.807, 2.05) is 0 Å². The van der Waals surface area contributed by atoms with E-state index in [1.165, 1.54) is 25.4 Å². The third-order valence-corrected chi connectivity index (χ3v) is 5.74. The van der Waals surface area contributed by atoms with Crippen molar-refractivity contribution >= 4 is 17.7 Å². The van der Waals surface area contributed by atoms with Crippen molar-refractivity contribution in [2.24, 2.45) is 0 Å². The summed E-state index contributed by atoms with van der Waals surface area (Å²) >= 11 is 1.09. The summed E-state index contributed by atoms with van der Waals surface area (Å²) in [6, 6.07) is 7.37. The summed E-state index contributed by atoms with van der Waals surface area (Å²) < 4.78 is 11.7. The number of hydrogen-bond donors (Lipinski definition) is 3. The van der Waals surface area contributed by atoms with Gasteiger partial charge in [0, 0.05) is 12.3 Å². The molecule has 0 aliphatic carbocycles. The molecule has 1 saturated heterocycles. The van der Waals surface area contributed by atoms with E-state index in [2.05, 4.69) is 4.98 Å². The summed E-state index contributed by atoms with van der Waals surface area (Å²) in [6.45, 7) is -0.364. The first kappa shape index (κ1) is 19.2. The van der Waals surface area contributed by atoms with Gasteiger partial charge in [0.15, 0.2) is 6.10 Å². The Bertz CT molecular complexity index is 924. The Kier molecular flexibility index (Phi) is 5.68. The number of nitrogens with one attached hydrogen (secondary N) is 1. The molecule has 0 amide bonds. The fourth-order valence-corrected chi connectivity index (χ4v) is 4.20. The molecule has 0 unspecified atom stereocenters. The summed E-state index contributed by atoms with van der Waals surface area (Å²) in [5, 5.41) is 18.4. The molecule has 1 aromatic carbocycles. The minimum absolute atomic E-state index is 0.244. The Morgan fingerprint density at radius 3 is 2.56 bits per heavy atom.